The second-order valence-electron chi connectivity index (χ2n) is 5.31. The minimum atomic E-state index is -0.0812. The molecular formula is C15H23NO. The predicted molar refractivity (Wildman–Crippen MR) is 71.0 cm³/mol. The van der Waals surface area contributed by atoms with Gasteiger partial charge in [-0.05, 0) is 49.3 Å². The van der Waals surface area contributed by atoms with Gasteiger partial charge in [-0.3, -0.25) is 0 Å². The lowest BCUT2D eigenvalue weighted by Crippen LogP contribution is -2.27. The molecule has 0 radical (unpaired) electrons. The van der Waals surface area contributed by atoms with Crippen LogP contribution in [-0.4, -0.2) is 17.8 Å². The van der Waals surface area contributed by atoms with E-state index in [4.69, 9.17) is 0 Å². The molecule has 0 saturated heterocycles. The summed E-state index contributed by atoms with van der Waals surface area (Å²) in [4.78, 5) is 0. The highest BCUT2D eigenvalue weighted by atomic mass is 16.3. The standard InChI is InChI=1S/C15H23NO/c1-11-6-7-13(8-12(11)2)9-16-10-14-4-3-5-15(14)17/h6-8,14-17H,3-5,9-10H2,1-2H3. The molecule has 1 aromatic carbocycles. The van der Waals surface area contributed by atoms with E-state index in [0.29, 0.717) is 5.92 Å². The van der Waals surface area contributed by atoms with E-state index in [0.717, 1.165) is 19.5 Å². The van der Waals surface area contributed by atoms with Crippen molar-refractivity contribution in [3.8, 4) is 0 Å². The lowest BCUT2D eigenvalue weighted by Gasteiger charge is -2.15. The molecule has 0 aromatic heterocycles. The number of hydrogen-bond donors (Lipinski definition) is 2. The van der Waals surface area contributed by atoms with Gasteiger partial charge in [0.2, 0.25) is 0 Å². The number of hydrogen-bond acceptors (Lipinski definition) is 2. The molecule has 1 saturated carbocycles. The van der Waals surface area contributed by atoms with Crippen molar-refractivity contribution < 1.29 is 5.11 Å². The molecule has 2 N–H and O–H groups in total. The van der Waals surface area contributed by atoms with Crippen LogP contribution in [0.25, 0.3) is 0 Å². The number of aryl methyl sites for hydroxylation is 2. The van der Waals surface area contributed by atoms with E-state index < -0.39 is 0 Å². The fourth-order valence-electron chi connectivity index (χ4n) is 2.57. The maximum atomic E-state index is 9.73. The van der Waals surface area contributed by atoms with Crippen molar-refractivity contribution in [3.05, 3.63) is 34.9 Å². The third-order valence-corrected chi connectivity index (χ3v) is 3.93. The largest absolute Gasteiger partial charge is 0.393 e. The lowest BCUT2D eigenvalue weighted by atomic mass is 10.0. The predicted octanol–water partition coefficient (Wildman–Crippen LogP) is 2.55. The van der Waals surface area contributed by atoms with E-state index in [1.165, 1.54) is 29.5 Å². The summed E-state index contributed by atoms with van der Waals surface area (Å²) in [5, 5.41) is 13.2. The van der Waals surface area contributed by atoms with Crippen LogP contribution in [0.1, 0.15) is 36.0 Å². The van der Waals surface area contributed by atoms with Crippen molar-refractivity contribution in [1.29, 1.82) is 0 Å². The first kappa shape index (κ1) is 12.6. The molecule has 2 unspecified atom stereocenters. The zero-order valence-electron chi connectivity index (χ0n) is 10.9. The van der Waals surface area contributed by atoms with Crippen molar-refractivity contribution in [3.63, 3.8) is 0 Å². The van der Waals surface area contributed by atoms with Crippen molar-refractivity contribution in [1.82, 2.24) is 5.32 Å². The van der Waals surface area contributed by atoms with E-state index in [9.17, 15) is 5.11 Å². The van der Waals surface area contributed by atoms with E-state index in [1.807, 2.05) is 0 Å². The molecule has 2 rings (SSSR count). The Morgan fingerprint density at radius 2 is 2.06 bits per heavy atom. The van der Waals surface area contributed by atoms with Crippen LogP contribution in [-0.2, 0) is 6.54 Å². The van der Waals surface area contributed by atoms with Gasteiger partial charge in [0.1, 0.15) is 0 Å². The molecule has 1 aliphatic rings. The minimum absolute atomic E-state index is 0.0812. The average Bonchev–Trinajstić information content (AvgIpc) is 2.70. The van der Waals surface area contributed by atoms with E-state index in [1.54, 1.807) is 0 Å². The molecule has 0 amide bonds. The molecule has 1 aliphatic carbocycles. The monoisotopic (exact) mass is 233 g/mol. The van der Waals surface area contributed by atoms with E-state index in [2.05, 4.69) is 37.4 Å². The van der Waals surface area contributed by atoms with Gasteiger partial charge < -0.3 is 10.4 Å². The zero-order chi connectivity index (χ0) is 12.3. The smallest absolute Gasteiger partial charge is 0.0580 e. The Hall–Kier alpha value is -0.860. The number of aliphatic hydroxyl groups is 1. The molecule has 17 heavy (non-hydrogen) atoms. The molecule has 2 atom stereocenters. The number of nitrogens with one attached hydrogen (secondary N) is 1. The molecule has 0 heterocycles. The Balaban J connectivity index is 1.79. The van der Waals surface area contributed by atoms with Crippen LogP contribution >= 0.6 is 0 Å². The Morgan fingerprint density at radius 3 is 2.71 bits per heavy atom. The Kier molecular flexibility index (Phi) is 4.19. The molecule has 94 valence electrons. The van der Waals surface area contributed by atoms with Gasteiger partial charge in [-0.2, -0.15) is 0 Å². The van der Waals surface area contributed by atoms with Gasteiger partial charge in [0.15, 0.2) is 0 Å². The maximum absolute atomic E-state index is 9.73. The van der Waals surface area contributed by atoms with Crippen LogP contribution in [0.2, 0.25) is 0 Å². The first-order valence-electron chi connectivity index (χ1n) is 6.61. The van der Waals surface area contributed by atoms with Crippen LogP contribution in [0.5, 0.6) is 0 Å². The second kappa shape index (κ2) is 5.65. The molecule has 2 heteroatoms. The normalized spacial score (nSPS) is 24.2. The summed E-state index contributed by atoms with van der Waals surface area (Å²) in [6.07, 6.45) is 3.25. The van der Waals surface area contributed by atoms with Crippen molar-refractivity contribution in [2.24, 2.45) is 5.92 Å². The summed E-state index contributed by atoms with van der Waals surface area (Å²) >= 11 is 0. The van der Waals surface area contributed by atoms with Crippen molar-refractivity contribution in [2.45, 2.75) is 45.8 Å². The van der Waals surface area contributed by atoms with Gasteiger partial charge in [0.25, 0.3) is 0 Å². The minimum Gasteiger partial charge on any atom is -0.393 e. The van der Waals surface area contributed by atoms with E-state index in [-0.39, 0.29) is 6.10 Å². The van der Waals surface area contributed by atoms with E-state index >= 15 is 0 Å². The fraction of sp³-hybridized carbons (Fsp3) is 0.600. The van der Waals surface area contributed by atoms with Crippen LogP contribution in [0.3, 0.4) is 0 Å². The molecular weight excluding hydrogens is 210 g/mol. The summed E-state index contributed by atoms with van der Waals surface area (Å²) in [5.74, 6) is 0.460. The van der Waals surface area contributed by atoms with Crippen molar-refractivity contribution in [2.75, 3.05) is 6.54 Å². The SMILES string of the molecule is Cc1ccc(CNCC2CCCC2O)cc1C. The van der Waals surface area contributed by atoms with Crippen LogP contribution in [0.4, 0.5) is 0 Å². The zero-order valence-corrected chi connectivity index (χ0v) is 10.9. The first-order chi connectivity index (χ1) is 8.16. The highest BCUT2D eigenvalue weighted by Gasteiger charge is 2.24. The molecule has 2 nitrogen and oxygen atoms in total. The lowest BCUT2D eigenvalue weighted by molar-refractivity contribution is 0.131. The second-order valence-corrected chi connectivity index (χ2v) is 5.31. The van der Waals surface area contributed by atoms with Crippen molar-refractivity contribution >= 4 is 0 Å². The third-order valence-electron chi connectivity index (χ3n) is 3.93. The molecule has 1 fully saturated rings. The molecule has 1 aromatic rings. The van der Waals surface area contributed by atoms with Gasteiger partial charge in [0.05, 0.1) is 6.10 Å². The quantitative estimate of drug-likeness (QED) is 0.837. The summed E-state index contributed by atoms with van der Waals surface area (Å²) in [6, 6.07) is 6.60. The first-order valence-corrected chi connectivity index (χ1v) is 6.61. The third kappa shape index (κ3) is 3.30. The summed E-state index contributed by atoms with van der Waals surface area (Å²) in [6.45, 7) is 6.14. The average molecular weight is 233 g/mol. The van der Waals surface area contributed by atoms with Gasteiger partial charge >= 0.3 is 0 Å². The van der Waals surface area contributed by atoms with Crippen LogP contribution < -0.4 is 5.32 Å². The summed E-state index contributed by atoms with van der Waals surface area (Å²) < 4.78 is 0. The number of benzene rings is 1. The highest BCUT2D eigenvalue weighted by Crippen LogP contribution is 2.24. The van der Waals surface area contributed by atoms with Crippen LogP contribution in [0.15, 0.2) is 18.2 Å². The molecule has 0 aliphatic heterocycles. The fourth-order valence-corrected chi connectivity index (χ4v) is 2.57. The summed E-state index contributed by atoms with van der Waals surface area (Å²) in [7, 11) is 0. The highest BCUT2D eigenvalue weighted by molar-refractivity contribution is 5.29. The van der Waals surface area contributed by atoms with Gasteiger partial charge in [-0.1, -0.05) is 24.6 Å². The Labute approximate surface area is 104 Å². The maximum Gasteiger partial charge on any atom is 0.0580 e. The van der Waals surface area contributed by atoms with Gasteiger partial charge in [0, 0.05) is 13.1 Å². The number of aliphatic hydroxyl groups excluding tert-OH is 1. The Morgan fingerprint density at radius 1 is 1.24 bits per heavy atom. The molecule has 0 bridgehead atoms. The number of rotatable bonds is 4. The Bertz CT molecular complexity index is 375. The molecule has 0 spiro atoms. The van der Waals surface area contributed by atoms with Gasteiger partial charge in [-0.15, -0.1) is 0 Å². The van der Waals surface area contributed by atoms with Gasteiger partial charge in [-0.25, -0.2) is 0 Å². The topological polar surface area (TPSA) is 32.3 Å². The summed E-state index contributed by atoms with van der Waals surface area (Å²) in [5.41, 5.74) is 4.03. The van der Waals surface area contributed by atoms with Crippen LogP contribution in [0, 0.1) is 19.8 Å².